The van der Waals surface area contributed by atoms with Gasteiger partial charge in [-0.2, -0.15) is 0 Å². The van der Waals surface area contributed by atoms with Crippen LogP contribution in [0, 0.1) is 11.3 Å². The molecule has 182 valence electrons. The van der Waals surface area contributed by atoms with Crippen LogP contribution >= 0.6 is 11.6 Å². The van der Waals surface area contributed by atoms with E-state index in [9.17, 15) is 14.4 Å². The van der Waals surface area contributed by atoms with Gasteiger partial charge in [-0.25, -0.2) is 9.79 Å². The molecule has 2 amide bonds. The maximum absolute atomic E-state index is 13.6. The van der Waals surface area contributed by atoms with Crippen molar-refractivity contribution in [3.8, 4) is 0 Å². The van der Waals surface area contributed by atoms with Gasteiger partial charge in [0.15, 0.2) is 0 Å². The molecule has 10 heteroatoms. The van der Waals surface area contributed by atoms with Crippen LogP contribution in [-0.2, 0) is 23.9 Å². The maximum atomic E-state index is 13.6. The third kappa shape index (κ3) is 5.41. The molecular formula is C25H25ClN4O5. The first-order valence-electron chi connectivity index (χ1n) is 11.3. The first-order valence-corrected chi connectivity index (χ1v) is 11.7. The number of benzene rings is 2. The van der Waals surface area contributed by atoms with Crippen molar-refractivity contribution >= 4 is 57.9 Å². The number of piperidine rings is 1. The highest BCUT2D eigenvalue weighted by molar-refractivity contribution is 6.53. The maximum Gasteiger partial charge on any atom is 0.352 e. The molecule has 2 aliphatic heterocycles. The molecule has 0 bridgehead atoms. The first-order chi connectivity index (χ1) is 16.9. The van der Waals surface area contributed by atoms with Gasteiger partial charge in [0.05, 0.1) is 24.8 Å². The lowest BCUT2D eigenvalue weighted by Crippen LogP contribution is -2.50. The van der Waals surface area contributed by atoms with Crippen molar-refractivity contribution in [3.63, 3.8) is 0 Å². The molecule has 2 saturated heterocycles. The summed E-state index contributed by atoms with van der Waals surface area (Å²) in [5.74, 6) is -2.10. The number of nitrogens with one attached hydrogen (secondary N) is 1. The highest BCUT2D eigenvalue weighted by Crippen LogP contribution is 2.29. The molecule has 9 nitrogen and oxygen atoms in total. The molecule has 4 rings (SSSR count). The number of ether oxygens (including phenoxy) is 2. The van der Waals surface area contributed by atoms with Gasteiger partial charge in [-0.05, 0) is 55.8 Å². The minimum absolute atomic E-state index is 0.0451. The van der Waals surface area contributed by atoms with Crippen molar-refractivity contribution in [2.24, 2.45) is 10.9 Å². The smallest absolute Gasteiger partial charge is 0.352 e. The van der Waals surface area contributed by atoms with Gasteiger partial charge in [0.1, 0.15) is 18.0 Å². The van der Waals surface area contributed by atoms with E-state index in [4.69, 9.17) is 26.5 Å². The van der Waals surface area contributed by atoms with Gasteiger partial charge < -0.3 is 19.3 Å². The molecule has 1 atom stereocenters. The number of morpholine rings is 1. The van der Waals surface area contributed by atoms with Crippen LogP contribution in [0.15, 0.2) is 53.5 Å². The fraction of sp³-hybridized carbons (Fsp3) is 0.320. The number of nitrogens with zero attached hydrogens (tertiary/aromatic N) is 3. The molecule has 2 aliphatic rings. The third-order valence-corrected chi connectivity index (χ3v) is 6.03. The van der Waals surface area contributed by atoms with Crippen molar-refractivity contribution in [2.75, 3.05) is 42.7 Å². The summed E-state index contributed by atoms with van der Waals surface area (Å²) in [5.41, 5.74) is 1.57. The van der Waals surface area contributed by atoms with Crippen molar-refractivity contribution < 1.29 is 23.9 Å². The van der Waals surface area contributed by atoms with E-state index in [2.05, 4.69) is 4.99 Å². The Labute approximate surface area is 207 Å². The van der Waals surface area contributed by atoms with Crippen LogP contribution in [-0.4, -0.2) is 62.1 Å². The highest BCUT2D eigenvalue weighted by Gasteiger charge is 2.38. The van der Waals surface area contributed by atoms with Crippen molar-refractivity contribution in [3.05, 3.63) is 53.6 Å². The number of hydrogen-bond acceptors (Lipinski definition) is 7. The second-order valence-electron chi connectivity index (χ2n) is 8.02. The van der Waals surface area contributed by atoms with E-state index in [1.807, 2.05) is 0 Å². The van der Waals surface area contributed by atoms with Crippen LogP contribution in [0.3, 0.4) is 0 Å². The Morgan fingerprint density at radius 1 is 1.14 bits per heavy atom. The number of carbonyl (C=O) groups is 3. The van der Waals surface area contributed by atoms with Crippen LogP contribution in [0.1, 0.15) is 13.3 Å². The second-order valence-corrected chi connectivity index (χ2v) is 8.46. The van der Waals surface area contributed by atoms with Crippen molar-refractivity contribution in [1.82, 2.24) is 0 Å². The molecule has 35 heavy (non-hydrogen) atoms. The van der Waals surface area contributed by atoms with Crippen molar-refractivity contribution in [2.45, 2.75) is 13.3 Å². The van der Waals surface area contributed by atoms with Crippen LogP contribution < -0.4 is 9.80 Å². The molecule has 2 aromatic carbocycles. The van der Waals surface area contributed by atoms with E-state index in [-0.39, 0.29) is 37.1 Å². The zero-order valence-corrected chi connectivity index (χ0v) is 20.0. The lowest BCUT2D eigenvalue weighted by atomic mass is 9.88. The number of halogens is 1. The largest absolute Gasteiger partial charge is 0.462 e. The fourth-order valence-electron chi connectivity index (χ4n) is 4.08. The zero-order valence-electron chi connectivity index (χ0n) is 19.2. The molecule has 2 fully saturated rings. The Morgan fingerprint density at radius 3 is 2.51 bits per heavy atom. The predicted octanol–water partition coefficient (Wildman–Crippen LogP) is 3.41. The Morgan fingerprint density at radius 2 is 1.86 bits per heavy atom. The SMILES string of the molecule is CCOC(=O)C(=N)C1CCN(c2ccc(N3CCOCC3=O)cc2)C(=O)C1=Nc1cccc(Cl)c1. The van der Waals surface area contributed by atoms with Crippen LogP contribution in [0.4, 0.5) is 17.1 Å². The summed E-state index contributed by atoms with van der Waals surface area (Å²) >= 11 is 6.09. The average molecular weight is 497 g/mol. The van der Waals surface area contributed by atoms with Gasteiger partial charge in [-0.1, -0.05) is 17.7 Å². The lowest BCUT2D eigenvalue weighted by molar-refractivity contribution is -0.135. The van der Waals surface area contributed by atoms with Crippen molar-refractivity contribution in [1.29, 1.82) is 5.41 Å². The minimum atomic E-state index is -0.804. The molecule has 0 radical (unpaired) electrons. The van der Waals surface area contributed by atoms with E-state index >= 15 is 0 Å². The molecule has 0 aromatic heterocycles. The molecule has 2 heterocycles. The number of anilines is 2. The number of carbonyl (C=O) groups excluding carboxylic acids is 3. The van der Waals surface area contributed by atoms with E-state index < -0.39 is 17.8 Å². The molecular weight excluding hydrogens is 472 g/mol. The Balaban J connectivity index is 1.63. The normalized spacial score (nSPS) is 19.7. The number of esters is 1. The van der Waals surface area contributed by atoms with Gasteiger partial charge in [-0.15, -0.1) is 0 Å². The summed E-state index contributed by atoms with van der Waals surface area (Å²) in [7, 11) is 0. The van der Waals surface area contributed by atoms with Crippen LogP contribution in [0.5, 0.6) is 0 Å². The number of hydrogen-bond donors (Lipinski definition) is 1. The van der Waals surface area contributed by atoms with Gasteiger partial charge >= 0.3 is 5.97 Å². The van der Waals surface area contributed by atoms with E-state index in [1.54, 1.807) is 65.3 Å². The summed E-state index contributed by atoms with van der Waals surface area (Å²) < 4.78 is 10.2. The van der Waals surface area contributed by atoms with E-state index in [0.29, 0.717) is 36.0 Å². The third-order valence-electron chi connectivity index (χ3n) is 5.80. The molecule has 0 spiro atoms. The number of rotatable bonds is 6. The Hall–Kier alpha value is -3.56. The first kappa shape index (κ1) is 24.6. The van der Waals surface area contributed by atoms with Gasteiger partial charge in [-0.3, -0.25) is 15.0 Å². The summed E-state index contributed by atoms with van der Waals surface area (Å²) in [5, 5.41) is 8.81. The molecule has 1 N–H and O–H groups in total. The van der Waals surface area contributed by atoms with Gasteiger partial charge in [0.2, 0.25) is 0 Å². The Kier molecular flexibility index (Phi) is 7.57. The quantitative estimate of drug-likeness (QED) is 0.486. The molecule has 0 saturated carbocycles. The summed E-state index contributed by atoms with van der Waals surface area (Å²) in [4.78, 5) is 45.7. The van der Waals surface area contributed by atoms with Crippen LogP contribution in [0.25, 0.3) is 0 Å². The average Bonchev–Trinajstić information content (AvgIpc) is 2.85. The zero-order chi connectivity index (χ0) is 24.9. The van der Waals surface area contributed by atoms with E-state index in [0.717, 1.165) is 5.69 Å². The molecule has 2 aromatic rings. The Bertz CT molecular complexity index is 1180. The summed E-state index contributed by atoms with van der Waals surface area (Å²) in [6.07, 6.45) is 0.326. The summed E-state index contributed by atoms with van der Waals surface area (Å²) in [6.45, 7) is 3.06. The van der Waals surface area contributed by atoms with Crippen LogP contribution in [0.2, 0.25) is 5.02 Å². The highest BCUT2D eigenvalue weighted by atomic mass is 35.5. The minimum Gasteiger partial charge on any atom is -0.462 e. The monoisotopic (exact) mass is 496 g/mol. The number of amides is 2. The standard InChI is InChI=1S/C25H25ClN4O5/c1-2-35-25(33)22(27)20-10-11-30(24(32)23(20)28-17-5-3-4-16(26)14-17)19-8-6-18(7-9-19)29-12-13-34-15-21(29)31/h3-9,14,20,27H,2,10-13,15H2,1H3. The van der Waals surface area contributed by atoms with Gasteiger partial charge in [0, 0.05) is 29.5 Å². The lowest BCUT2D eigenvalue weighted by Gasteiger charge is -2.33. The fourth-order valence-corrected chi connectivity index (χ4v) is 4.26. The second kappa shape index (κ2) is 10.8. The molecule has 1 unspecified atom stereocenters. The predicted molar refractivity (Wildman–Crippen MR) is 133 cm³/mol. The molecule has 0 aliphatic carbocycles. The van der Waals surface area contributed by atoms with Gasteiger partial charge in [0.25, 0.3) is 11.8 Å². The van der Waals surface area contributed by atoms with E-state index in [1.165, 1.54) is 0 Å². The number of aliphatic imine (C=N–C) groups is 1. The topological polar surface area (TPSA) is 112 Å². The summed E-state index contributed by atoms with van der Waals surface area (Å²) in [6, 6.07) is 13.8.